The molecule has 25 heavy (non-hydrogen) atoms. The smallest absolute Gasteiger partial charge is 0.277 e. The molecule has 0 aliphatic heterocycles. The second-order valence-electron chi connectivity index (χ2n) is 5.58. The molecule has 1 amide bonds. The molecule has 3 aromatic carbocycles. The van der Waals surface area contributed by atoms with Crippen LogP contribution in [-0.4, -0.2) is 23.3 Å². The van der Waals surface area contributed by atoms with Gasteiger partial charge in [0.05, 0.1) is 5.71 Å². The molecule has 0 atom stereocenters. The normalized spacial score (nSPS) is 11.3. The molecular weight excluding hydrogens is 316 g/mol. The van der Waals surface area contributed by atoms with Gasteiger partial charge < -0.3 is 9.84 Å². The van der Waals surface area contributed by atoms with Crippen molar-refractivity contribution in [1.82, 2.24) is 5.43 Å². The summed E-state index contributed by atoms with van der Waals surface area (Å²) in [5, 5.41) is 15.7. The van der Waals surface area contributed by atoms with Crippen LogP contribution in [0.2, 0.25) is 0 Å². The number of hydrazone groups is 1. The number of amides is 1. The molecule has 2 N–H and O–H groups in total. The highest BCUT2D eigenvalue weighted by Crippen LogP contribution is 2.20. The van der Waals surface area contributed by atoms with Crippen molar-refractivity contribution in [3.63, 3.8) is 0 Å². The molecular formula is C20H18N2O3. The van der Waals surface area contributed by atoms with Gasteiger partial charge in [0, 0.05) is 5.56 Å². The van der Waals surface area contributed by atoms with E-state index in [2.05, 4.69) is 10.5 Å². The van der Waals surface area contributed by atoms with Gasteiger partial charge in [-0.2, -0.15) is 5.10 Å². The summed E-state index contributed by atoms with van der Waals surface area (Å²) in [4.78, 5) is 11.9. The van der Waals surface area contributed by atoms with E-state index in [-0.39, 0.29) is 18.3 Å². The Hall–Kier alpha value is -3.34. The van der Waals surface area contributed by atoms with Crippen LogP contribution in [0.3, 0.4) is 0 Å². The van der Waals surface area contributed by atoms with Crippen LogP contribution in [-0.2, 0) is 4.79 Å². The van der Waals surface area contributed by atoms with Crippen molar-refractivity contribution in [2.24, 2.45) is 5.10 Å². The molecule has 0 unspecified atom stereocenters. The average Bonchev–Trinajstić information content (AvgIpc) is 2.64. The number of ether oxygens (including phenoxy) is 1. The van der Waals surface area contributed by atoms with Crippen LogP contribution in [0.15, 0.2) is 71.8 Å². The maximum Gasteiger partial charge on any atom is 0.277 e. The van der Waals surface area contributed by atoms with Crippen molar-refractivity contribution in [2.45, 2.75) is 6.92 Å². The van der Waals surface area contributed by atoms with E-state index in [1.165, 1.54) is 0 Å². The number of carbonyl (C=O) groups excluding carboxylic acids is 1. The zero-order valence-corrected chi connectivity index (χ0v) is 13.8. The molecule has 0 heterocycles. The Morgan fingerprint density at radius 1 is 1.04 bits per heavy atom. The molecule has 0 radical (unpaired) electrons. The van der Waals surface area contributed by atoms with Gasteiger partial charge in [-0.15, -0.1) is 0 Å². The van der Waals surface area contributed by atoms with Crippen LogP contribution in [0.1, 0.15) is 12.5 Å². The zero-order valence-electron chi connectivity index (χ0n) is 13.8. The first-order valence-corrected chi connectivity index (χ1v) is 7.86. The summed E-state index contributed by atoms with van der Waals surface area (Å²) in [6.07, 6.45) is 0. The lowest BCUT2D eigenvalue weighted by Gasteiger charge is -2.07. The largest absolute Gasteiger partial charge is 0.508 e. The third-order valence-corrected chi connectivity index (χ3v) is 3.70. The van der Waals surface area contributed by atoms with Gasteiger partial charge in [0.15, 0.2) is 6.61 Å². The quantitative estimate of drug-likeness (QED) is 0.554. The molecule has 5 heteroatoms. The lowest BCUT2D eigenvalue weighted by Crippen LogP contribution is -2.25. The first-order chi connectivity index (χ1) is 12.1. The third kappa shape index (κ3) is 4.35. The number of phenols is 1. The van der Waals surface area contributed by atoms with Crippen molar-refractivity contribution in [1.29, 1.82) is 0 Å². The summed E-state index contributed by atoms with van der Waals surface area (Å²) in [6.45, 7) is 1.62. The first kappa shape index (κ1) is 16.5. The first-order valence-electron chi connectivity index (χ1n) is 7.86. The number of phenolic OH excluding ortho intramolecular Hbond substituents is 1. The van der Waals surface area contributed by atoms with Crippen molar-refractivity contribution >= 4 is 22.4 Å². The van der Waals surface area contributed by atoms with Crippen molar-refractivity contribution < 1.29 is 14.6 Å². The molecule has 3 rings (SSSR count). The van der Waals surface area contributed by atoms with E-state index in [0.29, 0.717) is 11.5 Å². The minimum atomic E-state index is -0.354. The van der Waals surface area contributed by atoms with Gasteiger partial charge in [-0.25, -0.2) is 5.43 Å². The predicted octanol–water partition coefficient (Wildman–Crippen LogP) is 3.46. The number of nitrogens with one attached hydrogen (secondary N) is 1. The third-order valence-electron chi connectivity index (χ3n) is 3.70. The van der Waals surface area contributed by atoms with Gasteiger partial charge in [-0.1, -0.05) is 42.5 Å². The SMILES string of the molecule is CC(=NNC(=O)COc1ccc2ccccc2c1)c1cccc(O)c1. The second kappa shape index (κ2) is 7.49. The van der Waals surface area contributed by atoms with E-state index in [9.17, 15) is 9.90 Å². The monoisotopic (exact) mass is 334 g/mol. The number of fused-ring (bicyclic) bond motifs is 1. The molecule has 0 spiro atoms. The van der Waals surface area contributed by atoms with E-state index in [4.69, 9.17) is 4.74 Å². The predicted molar refractivity (Wildman–Crippen MR) is 97.9 cm³/mol. The molecule has 3 aromatic rings. The fourth-order valence-electron chi connectivity index (χ4n) is 2.38. The lowest BCUT2D eigenvalue weighted by molar-refractivity contribution is -0.123. The van der Waals surface area contributed by atoms with Crippen LogP contribution in [0.5, 0.6) is 11.5 Å². The molecule has 0 fully saturated rings. The van der Waals surface area contributed by atoms with Gasteiger partial charge >= 0.3 is 0 Å². The molecule has 5 nitrogen and oxygen atoms in total. The van der Waals surface area contributed by atoms with Crippen molar-refractivity contribution in [3.8, 4) is 11.5 Å². The maximum atomic E-state index is 11.9. The summed E-state index contributed by atoms with van der Waals surface area (Å²) in [5.74, 6) is 0.424. The number of carbonyl (C=O) groups is 1. The fraction of sp³-hybridized carbons (Fsp3) is 0.100. The van der Waals surface area contributed by atoms with E-state index >= 15 is 0 Å². The van der Waals surface area contributed by atoms with Gasteiger partial charge in [0.25, 0.3) is 5.91 Å². The number of nitrogens with zero attached hydrogens (tertiary/aromatic N) is 1. The second-order valence-corrected chi connectivity index (χ2v) is 5.58. The molecule has 0 saturated heterocycles. The lowest BCUT2D eigenvalue weighted by atomic mass is 10.1. The minimum absolute atomic E-state index is 0.130. The van der Waals surface area contributed by atoms with E-state index in [0.717, 1.165) is 16.3 Å². The molecule has 0 saturated carbocycles. The van der Waals surface area contributed by atoms with Crippen molar-refractivity contribution in [3.05, 3.63) is 72.3 Å². The number of benzene rings is 3. The Bertz CT molecular complexity index is 935. The minimum Gasteiger partial charge on any atom is -0.508 e. The standard InChI is InChI=1S/C20H18N2O3/c1-14(16-7-4-8-18(23)11-16)21-22-20(24)13-25-19-10-9-15-5-2-3-6-17(15)12-19/h2-12,23H,13H2,1H3,(H,22,24). The highest BCUT2D eigenvalue weighted by atomic mass is 16.5. The number of hydrogen-bond acceptors (Lipinski definition) is 4. The molecule has 0 aliphatic carbocycles. The maximum absolute atomic E-state index is 11.9. The van der Waals surface area contributed by atoms with E-state index in [1.807, 2.05) is 42.5 Å². The van der Waals surface area contributed by atoms with Crippen LogP contribution >= 0.6 is 0 Å². The topological polar surface area (TPSA) is 70.9 Å². The van der Waals surface area contributed by atoms with Crippen LogP contribution < -0.4 is 10.2 Å². The molecule has 0 bridgehead atoms. The van der Waals surface area contributed by atoms with Crippen LogP contribution in [0.4, 0.5) is 0 Å². The summed E-state index contributed by atoms with van der Waals surface area (Å²) in [7, 11) is 0. The molecule has 0 aromatic heterocycles. The van der Waals surface area contributed by atoms with Crippen molar-refractivity contribution in [2.75, 3.05) is 6.61 Å². The Morgan fingerprint density at radius 2 is 1.84 bits per heavy atom. The Balaban J connectivity index is 1.57. The van der Waals surface area contributed by atoms with Gasteiger partial charge in [-0.3, -0.25) is 4.79 Å². The Morgan fingerprint density at radius 3 is 2.64 bits per heavy atom. The van der Waals surface area contributed by atoms with E-state index in [1.54, 1.807) is 31.2 Å². The van der Waals surface area contributed by atoms with Gasteiger partial charge in [0.1, 0.15) is 11.5 Å². The highest BCUT2D eigenvalue weighted by molar-refractivity contribution is 5.99. The summed E-state index contributed by atoms with van der Waals surface area (Å²) in [5.41, 5.74) is 3.77. The van der Waals surface area contributed by atoms with Crippen LogP contribution in [0.25, 0.3) is 10.8 Å². The summed E-state index contributed by atoms with van der Waals surface area (Å²) in [6, 6.07) is 20.3. The average molecular weight is 334 g/mol. The number of aromatic hydroxyl groups is 1. The number of hydrogen-bond donors (Lipinski definition) is 2. The van der Waals surface area contributed by atoms with Gasteiger partial charge in [0.2, 0.25) is 0 Å². The van der Waals surface area contributed by atoms with E-state index < -0.39 is 0 Å². The van der Waals surface area contributed by atoms with Gasteiger partial charge in [-0.05, 0) is 42.0 Å². The van der Waals surface area contributed by atoms with Crippen LogP contribution in [0, 0.1) is 0 Å². The highest BCUT2D eigenvalue weighted by Gasteiger charge is 2.04. The number of rotatable bonds is 5. The zero-order chi connectivity index (χ0) is 17.6. The fourth-order valence-corrected chi connectivity index (χ4v) is 2.38. The Kier molecular flexibility index (Phi) is 4.95. The summed E-state index contributed by atoms with van der Waals surface area (Å²) >= 11 is 0. The molecule has 126 valence electrons. The Labute approximate surface area is 145 Å². The molecule has 0 aliphatic rings. The summed E-state index contributed by atoms with van der Waals surface area (Å²) < 4.78 is 5.51.